The molecule has 168 valence electrons. The highest BCUT2D eigenvalue weighted by molar-refractivity contribution is 5.79. The smallest absolute Gasteiger partial charge is 0.164 e. The lowest BCUT2D eigenvalue weighted by molar-refractivity contribution is 0.0871. The van der Waals surface area contributed by atoms with E-state index in [0.29, 0.717) is 29.7 Å². The molecule has 6 heterocycles. The van der Waals surface area contributed by atoms with Crippen LogP contribution in [0.25, 0.3) is 22.6 Å². The molecule has 0 N–H and O–H groups in total. The van der Waals surface area contributed by atoms with Gasteiger partial charge < -0.3 is 9.47 Å². The Bertz CT molecular complexity index is 1340. The zero-order valence-electron chi connectivity index (χ0n) is 19.0. The van der Waals surface area contributed by atoms with E-state index in [9.17, 15) is 4.39 Å². The Morgan fingerprint density at radius 3 is 2.64 bits per heavy atom. The Balaban J connectivity index is 1.43. The Morgan fingerprint density at radius 2 is 1.88 bits per heavy atom. The van der Waals surface area contributed by atoms with E-state index in [2.05, 4.69) is 43.7 Å². The van der Waals surface area contributed by atoms with Gasteiger partial charge >= 0.3 is 0 Å². The number of nitrogens with zero attached hydrogens (tertiary/aromatic N) is 6. The number of imidazole rings is 1. The van der Waals surface area contributed by atoms with E-state index in [0.717, 1.165) is 29.3 Å². The van der Waals surface area contributed by atoms with Gasteiger partial charge in [0.1, 0.15) is 23.0 Å². The van der Waals surface area contributed by atoms with Crippen LogP contribution in [0.1, 0.15) is 41.4 Å². The minimum atomic E-state index is -0.380. The molecule has 3 aliphatic heterocycles. The predicted octanol–water partition coefficient (Wildman–Crippen LogP) is 4.50. The molecule has 7 heteroatoms. The predicted molar refractivity (Wildman–Crippen MR) is 125 cm³/mol. The van der Waals surface area contributed by atoms with Gasteiger partial charge in [-0.3, -0.25) is 4.98 Å². The summed E-state index contributed by atoms with van der Waals surface area (Å²) in [4.78, 5) is 20.7. The summed E-state index contributed by atoms with van der Waals surface area (Å²) in [6.07, 6.45) is 5.46. The van der Waals surface area contributed by atoms with Crippen molar-refractivity contribution in [3.63, 3.8) is 0 Å². The molecular formula is C26H27FN6. The molecule has 3 aliphatic rings. The quantitative estimate of drug-likeness (QED) is 0.466. The summed E-state index contributed by atoms with van der Waals surface area (Å²) in [5, 5.41) is 0. The van der Waals surface area contributed by atoms with Crippen LogP contribution >= 0.6 is 0 Å². The monoisotopic (exact) mass is 442 g/mol. The van der Waals surface area contributed by atoms with Crippen molar-refractivity contribution in [2.75, 3.05) is 19.6 Å². The zero-order chi connectivity index (χ0) is 22.5. The summed E-state index contributed by atoms with van der Waals surface area (Å²) in [5.41, 5.74) is 5.59. The molecule has 0 saturated carbocycles. The molecule has 3 fully saturated rings. The highest BCUT2D eigenvalue weighted by Crippen LogP contribution is 2.39. The first-order valence-corrected chi connectivity index (χ1v) is 11.7. The van der Waals surface area contributed by atoms with E-state index in [1.54, 1.807) is 6.20 Å². The summed E-state index contributed by atoms with van der Waals surface area (Å²) in [7, 11) is 0. The van der Waals surface area contributed by atoms with E-state index >= 15 is 0 Å². The number of rotatable bonds is 4. The summed E-state index contributed by atoms with van der Waals surface area (Å²) < 4.78 is 16.1. The van der Waals surface area contributed by atoms with Gasteiger partial charge in [0.25, 0.3) is 0 Å². The van der Waals surface area contributed by atoms with Crippen molar-refractivity contribution in [2.45, 2.75) is 39.2 Å². The Labute approximate surface area is 192 Å². The lowest BCUT2D eigenvalue weighted by atomic mass is 9.75. The van der Waals surface area contributed by atoms with Crippen LogP contribution in [-0.2, 0) is 6.54 Å². The minimum Gasteiger partial charge on any atom is -0.304 e. The van der Waals surface area contributed by atoms with Crippen LogP contribution in [0.5, 0.6) is 0 Å². The molecule has 7 rings (SSSR count). The van der Waals surface area contributed by atoms with Gasteiger partial charge in [-0.1, -0.05) is 24.3 Å². The molecule has 0 spiro atoms. The molecule has 2 bridgehead atoms. The second kappa shape index (κ2) is 7.99. The maximum Gasteiger partial charge on any atom is 0.164 e. The van der Waals surface area contributed by atoms with Gasteiger partial charge in [-0.15, -0.1) is 0 Å². The normalized spacial score (nSPS) is 22.2. The molecule has 0 amide bonds. The first-order valence-electron chi connectivity index (χ1n) is 11.7. The van der Waals surface area contributed by atoms with Crippen molar-refractivity contribution < 1.29 is 4.39 Å². The Morgan fingerprint density at radius 1 is 1.03 bits per heavy atom. The number of fused-ring (bicyclic) bond motifs is 4. The summed E-state index contributed by atoms with van der Waals surface area (Å²) in [5.74, 6) is 2.37. The molecule has 0 radical (unpaired) electrons. The van der Waals surface area contributed by atoms with Crippen LogP contribution in [0.15, 0.2) is 42.7 Å². The Hall–Kier alpha value is -3.19. The first kappa shape index (κ1) is 20.4. The fraction of sp³-hybridized carbons (Fsp3) is 0.385. The van der Waals surface area contributed by atoms with Crippen LogP contribution in [0.2, 0.25) is 0 Å². The molecular weight excluding hydrogens is 415 g/mol. The van der Waals surface area contributed by atoms with E-state index < -0.39 is 0 Å². The minimum absolute atomic E-state index is 0.380. The van der Waals surface area contributed by atoms with Gasteiger partial charge in [-0.2, -0.15) is 0 Å². The second-order valence-electron chi connectivity index (χ2n) is 9.43. The van der Waals surface area contributed by atoms with Crippen molar-refractivity contribution >= 4 is 11.2 Å². The molecule has 33 heavy (non-hydrogen) atoms. The van der Waals surface area contributed by atoms with Crippen molar-refractivity contribution in [2.24, 2.45) is 5.92 Å². The molecule has 4 aromatic rings. The fourth-order valence-corrected chi connectivity index (χ4v) is 5.63. The number of aryl methyl sites for hydroxylation is 2. The topological polar surface area (TPSA) is 59.7 Å². The van der Waals surface area contributed by atoms with Gasteiger partial charge in [0.2, 0.25) is 0 Å². The van der Waals surface area contributed by atoms with E-state index in [4.69, 9.17) is 9.97 Å². The third-order valence-electron chi connectivity index (χ3n) is 7.22. The van der Waals surface area contributed by atoms with Gasteiger partial charge in [0, 0.05) is 18.3 Å². The maximum absolute atomic E-state index is 14.0. The SMILES string of the molecule is Cc1nc(C)c2nc(-c3cncc(F)c3)n(Cc3cccc(C4CN5CCC4CC5)c3)c2n1. The third-order valence-corrected chi connectivity index (χ3v) is 7.22. The summed E-state index contributed by atoms with van der Waals surface area (Å²) in [6.45, 7) is 8.08. The number of aromatic nitrogens is 5. The number of benzene rings is 1. The van der Waals surface area contributed by atoms with Crippen LogP contribution < -0.4 is 0 Å². The molecule has 1 aromatic carbocycles. The van der Waals surface area contributed by atoms with Crippen molar-refractivity contribution in [3.8, 4) is 11.4 Å². The standard InChI is InChI=1S/C26H27FN6/c1-16-24-26(30-17(2)29-16)33(25(31-24)21-11-22(27)13-28-12-21)14-18-4-3-5-20(10-18)23-15-32-8-6-19(23)7-9-32/h3-5,10-13,19,23H,6-9,14-15H2,1-2H3. The fourth-order valence-electron chi connectivity index (χ4n) is 5.63. The van der Waals surface area contributed by atoms with Crippen molar-refractivity contribution in [1.29, 1.82) is 0 Å². The Kier molecular flexibility index (Phi) is 4.94. The van der Waals surface area contributed by atoms with Gasteiger partial charge in [-0.25, -0.2) is 19.3 Å². The zero-order valence-corrected chi connectivity index (χ0v) is 19.0. The molecule has 0 aliphatic carbocycles. The molecule has 1 atom stereocenters. The van der Waals surface area contributed by atoms with Crippen LogP contribution in [0, 0.1) is 25.6 Å². The highest BCUT2D eigenvalue weighted by atomic mass is 19.1. The van der Waals surface area contributed by atoms with Crippen LogP contribution in [-0.4, -0.2) is 49.0 Å². The molecule has 3 aromatic heterocycles. The van der Waals surface area contributed by atoms with Crippen LogP contribution in [0.3, 0.4) is 0 Å². The van der Waals surface area contributed by atoms with Gasteiger partial charge in [0.05, 0.1) is 18.4 Å². The van der Waals surface area contributed by atoms with Crippen molar-refractivity contribution in [1.82, 2.24) is 29.4 Å². The van der Waals surface area contributed by atoms with Gasteiger partial charge in [0.15, 0.2) is 5.65 Å². The summed E-state index contributed by atoms with van der Waals surface area (Å²) >= 11 is 0. The average Bonchev–Trinajstić information content (AvgIpc) is 3.18. The highest BCUT2D eigenvalue weighted by Gasteiger charge is 2.34. The molecule has 3 saturated heterocycles. The number of halogens is 1. The number of hydrogen-bond donors (Lipinski definition) is 0. The van der Waals surface area contributed by atoms with E-state index in [1.165, 1.54) is 49.3 Å². The number of hydrogen-bond acceptors (Lipinski definition) is 5. The molecule has 1 unspecified atom stereocenters. The van der Waals surface area contributed by atoms with E-state index in [1.807, 2.05) is 13.8 Å². The first-order chi connectivity index (χ1) is 16.0. The largest absolute Gasteiger partial charge is 0.304 e. The lowest BCUT2D eigenvalue weighted by Gasteiger charge is -2.45. The maximum atomic E-state index is 14.0. The average molecular weight is 443 g/mol. The third kappa shape index (κ3) is 3.70. The molecule has 6 nitrogen and oxygen atoms in total. The number of piperidine rings is 3. The summed E-state index contributed by atoms with van der Waals surface area (Å²) in [6, 6.07) is 10.4. The number of pyridine rings is 1. The lowest BCUT2D eigenvalue weighted by Crippen LogP contribution is -2.46. The van der Waals surface area contributed by atoms with E-state index in [-0.39, 0.29) is 5.82 Å². The van der Waals surface area contributed by atoms with Crippen LogP contribution in [0.4, 0.5) is 4.39 Å². The second-order valence-corrected chi connectivity index (χ2v) is 9.43. The van der Waals surface area contributed by atoms with Crippen molar-refractivity contribution in [3.05, 3.63) is 71.2 Å². The van der Waals surface area contributed by atoms with Gasteiger partial charge in [-0.05, 0) is 68.8 Å².